The first-order valence-corrected chi connectivity index (χ1v) is 7.92. The Hall–Kier alpha value is -2.25. The van der Waals surface area contributed by atoms with Gasteiger partial charge >= 0.3 is 0 Å². The van der Waals surface area contributed by atoms with Gasteiger partial charge in [-0.25, -0.2) is 0 Å². The van der Waals surface area contributed by atoms with Gasteiger partial charge in [-0.05, 0) is 50.6 Å². The number of carbonyl (C=O) groups excluding carboxylic acids is 1. The number of benzene rings is 2. The highest BCUT2D eigenvalue weighted by molar-refractivity contribution is 8.00. The maximum absolute atomic E-state index is 12.3. The van der Waals surface area contributed by atoms with Crippen molar-refractivity contribution in [2.45, 2.75) is 30.9 Å². The molecule has 2 rings (SSSR count). The summed E-state index contributed by atoms with van der Waals surface area (Å²) >= 11 is 1.54. The zero-order chi connectivity index (χ0) is 16.1. The molecule has 4 heteroatoms. The van der Waals surface area contributed by atoms with Crippen molar-refractivity contribution < 1.29 is 4.79 Å². The molecule has 0 aliphatic carbocycles. The van der Waals surface area contributed by atoms with Crippen molar-refractivity contribution in [2.75, 3.05) is 5.32 Å². The van der Waals surface area contributed by atoms with Crippen LogP contribution in [0.15, 0.2) is 47.4 Å². The van der Waals surface area contributed by atoms with E-state index >= 15 is 0 Å². The topological polar surface area (TPSA) is 52.9 Å². The number of nitrogens with zero attached hydrogens (tertiary/aromatic N) is 1. The second-order valence-electron chi connectivity index (χ2n) is 5.21. The van der Waals surface area contributed by atoms with Gasteiger partial charge in [0.25, 0.3) is 0 Å². The number of carbonyl (C=O) groups is 1. The molecule has 0 saturated carbocycles. The van der Waals surface area contributed by atoms with E-state index in [4.69, 9.17) is 5.26 Å². The maximum atomic E-state index is 12.3. The van der Waals surface area contributed by atoms with Gasteiger partial charge in [0, 0.05) is 10.6 Å². The normalized spacial score (nSPS) is 11.5. The van der Waals surface area contributed by atoms with E-state index in [0.717, 1.165) is 4.90 Å². The third-order valence-corrected chi connectivity index (χ3v) is 4.54. The molecule has 0 fully saturated rings. The van der Waals surface area contributed by atoms with Crippen LogP contribution >= 0.6 is 11.8 Å². The molecule has 112 valence electrons. The van der Waals surface area contributed by atoms with Crippen LogP contribution in [0.4, 0.5) is 5.69 Å². The van der Waals surface area contributed by atoms with Gasteiger partial charge in [0.2, 0.25) is 5.91 Å². The van der Waals surface area contributed by atoms with Crippen molar-refractivity contribution in [3.05, 3.63) is 59.2 Å². The number of nitrogens with one attached hydrogen (secondary N) is 1. The predicted molar refractivity (Wildman–Crippen MR) is 91.0 cm³/mol. The zero-order valence-corrected chi connectivity index (χ0v) is 13.7. The van der Waals surface area contributed by atoms with E-state index in [1.807, 2.05) is 20.8 Å². The number of thioether (sulfide) groups is 1. The molecule has 0 saturated heterocycles. The molecule has 2 aromatic rings. The van der Waals surface area contributed by atoms with Crippen molar-refractivity contribution in [2.24, 2.45) is 0 Å². The molecule has 0 aliphatic heterocycles. The quantitative estimate of drug-likeness (QED) is 0.857. The van der Waals surface area contributed by atoms with E-state index in [-0.39, 0.29) is 11.2 Å². The molecule has 0 spiro atoms. The molecule has 1 amide bonds. The lowest BCUT2D eigenvalue weighted by atomic mass is 10.2. The molecular weight excluding hydrogens is 292 g/mol. The van der Waals surface area contributed by atoms with Crippen molar-refractivity contribution in [3.8, 4) is 6.07 Å². The lowest BCUT2D eigenvalue weighted by Gasteiger charge is -2.14. The fraction of sp³-hybridized carbons (Fsp3) is 0.222. The first-order valence-electron chi connectivity index (χ1n) is 7.04. The molecular formula is C18H18N2OS. The monoisotopic (exact) mass is 310 g/mol. The molecule has 3 nitrogen and oxygen atoms in total. The number of hydrogen-bond acceptors (Lipinski definition) is 3. The second-order valence-corrected chi connectivity index (χ2v) is 6.59. The smallest absolute Gasteiger partial charge is 0.237 e. The molecule has 0 unspecified atom stereocenters. The molecule has 0 heterocycles. The van der Waals surface area contributed by atoms with Crippen LogP contribution in [0.25, 0.3) is 0 Å². The van der Waals surface area contributed by atoms with Gasteiger partial charge in [0.05, 0.1) is 16.9 Å². The number of amides is 1. The van der Waals surface area contributed by atoms with Gasteiger partial charge in [-0.1, -0.05) is 23.8 Å². The van der Waals surface area contributed by atoms with Crippen LogP contribution in [0.5, 0.6) is 0 Å². The molecule has 1 atom stereocenters. The molecule has 22 heavy (non-hydrogen) atoms. The van der Waals surface area contributed by atoms with Crippen molar-refractivity contribution in [3.63, 3.8) is 0 Å². The summed E-state index contributed by atoms with van der Waals surface area (Å²) in [6.45, 7) is 5.97. The third kappa shape index (κ3) is 4.12. The van der Waals surface area contributed by atoms with Gasteiger partial charge in [-0.15, -0.1) is 11.8 Å². The van der Waals surface area contributed by atoms with Gasteiger partial charge in [-0.3, -0.25) is 4.79 Å². The molecule has 1 N–H and O–H groups in total. The SMILES string of the molecule is Cc1ccc(C)c(S[C@@H](C)C(=O)Nc2cccc(C#N)c2)c1. The average molecular weight is 310 g/mol. The third-order valence-electron chi connectivity index (χ3n) is 3.28. The van der Waals surface area contributed by atoms with E-state index in [9.17, 15) is 4.79 Å². The van der Waals surface area contributed by atoms with Crippen LogP contribution < -0.4 is 5.32 Å². The van der Waals surface area contributed by atoms with Crippen molar-refractivity contribution in [1.29, 1.82) is 5.26 Å². The Kier molecular flexibility index (Phi) is 5.24. The van der Waals surface area contributed by atoms with Crippen LogP contribution in [-0.2, 0) is 4.79 Å². The standard InChI is InChI=1S/C18H18N2OS/c1-12-7-8-13(2)17(9-12)22-14(3)18(21)20-16-6-4-5-15(10-16)11-19/h4-10,14H,1-3H3,(H,20,21)/t14-/m0/s1. The van der Waals surface area contributed by atoms with Crippen LogP contribution in [0.3, 0.4) is 0 Å². The van der Waals surface area contributed by atoms with Crippen molar-refractivity contribution >= 4 is 23.4 Å². The van der Waals surface area contributed by atoms with Gasteiger partial charge in [0.15, 0.2) is 0 Å². The molecule has 0 aliphatic rings. The van der Waals surface area contributed by atoms with Crippen molar-refractivity contribution in [1.82, 2.24) is 0 Å². The number of anilines is 1. The summed E-state index contributed by atoms with van der Waals surface area (Å²) in [5.41, 5.74) is 3.54. The summed E-state index contributed by atoms with van der Waals surface area (Å²) < 4.78 is 0. The predicted octanol–water partition coefficient (Wildman–Crippen LogP) is 4.29. The summed E-state index contributed by atoms with van der Waals surface area (Å²) in [5.74, 6) is -0.0685. The minimum absolute atomic E-state index is 0.0685. The second kappa shape index (κ2) is 7.15. The minimum Gasteiger partial charge on any atom is -0.325 e. The summed E-state index contributed by atoms with van der Waals surface area (Å²) in [4.78, 5) is 13.4. The first-order chi connectivity index (χ1) is 10.5. The summed E-state index contributed by atoms with van der Waals surface area (Å²) in [6.07, 6.45) is 0. The Balaban J connectivity index is 2.06. The fourth-order valence-electron chi connectivity index (χ4n) is 1.99. The lowest BCUT2D eigenvalue weighted by Crippen LogP contribution is -2.22. The minimum atomic E-state index is -0.216. The highest BCUT2D eigenvalue weighted by Crippen LogP contribution is 2.28. The lowest BCUT2D eigenvalue weighted by molar-refractivity contribution is -0.115. The first kappa shape index (κ1) is 16.1. The van der Waals surface area contributed by atoms with Gasteiger partial charge < -0.3 is 5.32 Å². The van der Waals surface area contributed by atoms with E-state index in [1.165, 1.54) is 11.1 Å². The maximum Gasteiger partial charge on any atom is 0.237 e. The molecule has 0 radical (unpaired) electrons. The van der Waals surface area contributed by atoms with Crippen LogP contribution in [0.1, 0.15) is 23.6 Å². The van der Waals surface area contributed by atoms with Crippen LogP contribution in [-0.4, -0.2) is 11.2 Å². The zero-order valence-electron chi connectivity index (χ0n) is 12.9. The summed E-state index contributed by atoms with van der Waals surface area (Å²) in [7, 11) is 0. The van der Waals surface area contributed by atoms with E-state index < -0.39 is 0 Å². The molecule has 0 aromatic heterocycles. The van der Waals surface area contributed by atoms with Gasteiger partial charge in [0.1, 0.15) is 0 Å². The average Bonchev–Trinajstić information content (AvgIpc) is 2.51. The largest absolute Gasteiger partial charge is 0.325 e. The number of rotatable bonds is 4. The Labute approximate surface area is 135 Å². The molecule has 2 aromatic carbocycles. The number of hydrogen-bond donors (Lipinski definition) is 1. The Morgan fingerprint density at radius 3 is 2.73 bits per heavy atom. The van der Waals surface area contributed by atoms with E-state index in [1.54, 1.807) is 36.0 Å². The number of nitriles is 1. The highest BCUT2D eigenvalue weighted by Gasteiger charge is 2.16. The fourth-order valence-corrected chi connectivity index (χ4v) is 3.04. The summed E-state index contributed by atoms with van der Waals surface area (Å²) in [6, 6.07) is 15.2. The van der Waals surface area contributed by atoms with Crippen LogP contribution in [0.2, 0.25) is 0 Å². The Morgan fingerprint density at radius 1 is 1.23 bits per heavy atom. The Morgan fingerprint density at radius 2 is 2.00 bits per heavy atom. The summed E-state index contributed by atoms with van der Waals surface area (Å²) in [5, 5.41) is 11.5. The van der Waals surface area contributed by atoms with E-state index in [2.05, 4.69) is 29.6 Å². The van der Waals surface area contributed by atoms with E-state index in [0.29, 0.717) is 11.3 Å². The Bertz CT molecular complexity index is 734. The molecule has 0 bridgehead atoms. The van der Waals surface area contributed by atoms with Gasteiger partial charge in [-0.2, -0.15) is 5.26 Å². The number of aryl methyl sites for hydroxylation is 2. The van der Waals surface area contributed by atoms with Crippen LogP contribution in [0, 0.1) is 25.2 Å². The highest BCUT2D eigenvalue weighted by atomic mass is 32.2.